The molecule has 2 aromatic rings. The molecule has 2 N–H and O–H groups in total. The summed E-state index contributed by atoms with van der Waals surface area (Å²) in [5.74, 6) is 1.66. The molecule has 2 heterocycles. The SMILES string of the molecule is Cl.Cl.NC1=N[C@@]2(c3cccc(-c4cncnc4)c3)CCCCC2CS1. The summed E-state index contributed by atoms with van der Waals surface area (Å²) in [6.07, 6.45) is 10.1. The van der Waals surface area contributed by atoms with Crippen molar-refractivity contribution in [1.82, 2.24) is 9.97 Å². The molecule has 0 bridgehead atoms. The van der Waals surface area contributed by atoms with Crippen molar-refractivity contribution in [2.75, 3.05) is 5.75 Å². The molecule has 0 amide bonds. The molecule has 2 aliphatic rings. The van der Waals surface area contributed by atoms with E-state index in [0.717, 1.165) is 28.5 Å². The topological polar surface area (TPSA) is 64.2 Å². The third kappa shape index (κ3) is 3.78. The van der Waals surface area contributed by atoms with Crippen LogP contribution in [-0.2, 0) is 5.54 Å². The Bertz CT molecular complexity index is 741. The summed E-state index contributed by atoms with van der Waals surface area (Å²) in [4.78, 5) is 13.2. The predicted molar refractivity (Wildman–Crippen MR) is 110 cm³/mol. The van der Waals surface area contributed by atoms with E-state index in [1.807, 2.05) is 12.4 Å². The zero-order valence-electron chi connectivity index (χ0n) is 13.8. The lowest BCUT2D eigenvalue weighted by Crippen LogP contribution is -2.42. The smallest absolute Gasteiger partial charge is 0.154 e. The summed E-state index contributed by atoms with van der Waals surface area (Å²) in [7, 11) is 0. The van der Waals surface area contributed by atoms with Crippen LogP contribution in [0.3, 0.4) is 0 Å². The number of hydrogen-bond donors (Lipinski definition) is 1. The average Bonchev–Trinajstić information content (AvgIpc) is 2.62. The number of aromatic nitrogens is 2. The third-order valence-electron chi connectivity index (χ3n) is 5.03. The van der Waals surface area contributed by atoms with Crippen molar-refractivity contribution in [2.24, 2.45) is 16.6 Å². The van der Waals surface area contributed by atoms with E-state index in [9.17, 15) is 0 Å². The van der Waals surface area contributed by atoms with Crippen LogP contribution < -0.4 is 5.73 Å². The van der Waals surface area contributed by atoms with E-state index in [4.69, 9.17) is 10.7 Å². The number of aliphatic imine (C=N–C) groups is 1. The van der Waals surface area contributed by atoms with Crippen LogP contribution >= 0.6 is 36.6 Å². The Balaban J connectivity index is 0.00000113. The number of hydrogen-bond acceptors (Lipinski definition) is 5. The lowest BCUT2D eigenvalue weighted by molar-refractivity contribution is 0.212. The first-order valence-electron chi connectivity index (χ1n) is 8.12. The van der Waals surface area contributed by atoms with E-state index >= 15 is 0 Å². The second kappa shape index (κ2) is 8.39. The van der Waals surface area contributed by atoms with Crippen LogP contribution in [0, 0.1) is 5.92 Å². The van der Waals surface area contributed by atoms with Gasteiger partial charge in [0.05, 0.1) is 5.54 Å². The van der Waals surface area contributed by atoms with Crippen LogP contribution in [0.4, 0.5) is 0 Å². The summed E-state index contributed by atoms with van der Waals surface area (Å²) in [5, 5.41) is 0.733. The van der Waals surface area contributed by atoms with E-state index in [2.05, 4.69) is 34.2 Å². The maximum atomic E-state index is 6.11. The standard InChI is InChI=1S/C18H20N4S.2ClH/c19-17-22-18(7-2-1-5-16(18)11-23-17)15-6-3-4-13(8-15)14-9-20-12-21-10-14;;/h3-4,6,8-10,12,16H,1-2,5,7,11H2,(H2,19,22);2*1H/t16?,18-;;/m1../s1. The van der Waals surface area contributed by atoms with Gasteiger partial charge in [-0.1, -0.05) is 42.8 Å². The molecule has 1 aliphatic heterocycles. The largest absolute Gasteiger partial charge is 0.379 e. The molecule has 1 aromatic carbocycles. The molecule has 0 spiro atoms. The molecule has 0 radical (unpaired) electrons. The summed E-state index contributed by atoms with van der Waals surface area (Å²) >= 11 is 1.71. The van der Waals surface area contributed by atoms with E-state index in [1.165, 1.54) is 24.8 Å². The second-order valence-electron chi connectivity index (χ2n) is 6.34. The molecule has 1 saturated carbocycles. The first-order chi connectivity index (χ1) is 11.3. The summed E-state index contributed by atoms with van der Waals surface area (Å²) in [6, 6.07) is 8.69. The second-order valence-corrected chi connectivity index (χ2v) is 7.38. The summed E-state index contributed by atoms with van der Waals surface area (Å²) in [6.45, 7) is 0. The van der Waals surface area contributed by atoms with Crippen LogP contribution in [0.25, 0.3) is 11.1 Å². The molecule has 4 nitrogen and oxygen atoms in total. The van der Waals surface area contributed by atoms with Crippen LogP contribution in [0.2, 0.25) is 0 Å². The fraction of sp³-hybridized carbons (Fsp3) is 0.389. The van der Waals surface area contributed by atoms with Crippen molar-refractivity contribution in [3.8, 4) is 11.1 Å². The number of thioether (sulfide) groups is 1. The van der Waals surface area contributed by atoms with Gasteiger partial charge in [-0.2, -0.15) is 0 Å². The Hall–Kier alpha value is -1.30. The van der Waals surface area contributed by atoms with Gasteiger partial charge in [-0.05, 0) is 36.0 Å². The molecule has 134 valence electrons. The zero-order valence-corrected chi connectivity index (χ0v) is 16.2. The molecule has 1 aliphatic carbocycles. The highest BCUT2D eigenvalue weighted by Gasteiger charge is 2.44. The van der Waals surface area contributed by atoms with Crippen LogP contribution in [0.1, 0.15) is 31.2 Å². The van der Waals surface area contributed by atoms with Gasteiger partial charge in [0.25, 0.3) is 0 Å². The van der Waals surface area contributed by atoms with E-state index in [1.54, 1.807) is 18.1 Å². The fourth-order valence-corrected chi connectivity index (χ4v) is 4.91. The molecule has 1 unspecified atom stereocenters. The number of rotatable bonds is 2. The first-order valence-corrected chi connectivity index (χ1v) is 9.10. The highest BCUT2D eigenvalue weighted by molar-refractivity contribution is 8.13. The third-order valence-corrected chi connectivity index (χ3v) is 5.99. The Labute approximate surface area is 165 Å². The van der Waals surface area contributed by atoms with Gasteiger partial charge in [0, 0.05) is 23.7 Å². The van der Waals surface area contributed by atoms with Crippen molar-refractivity contribution in [1.29, 1.82) is 0 Å². The lowest BCUT2D eigenvalue weighted by Gasteiger charge is -2.44. The molecule has 1 fully saturated rings. The molecule has 1 aromatic heterocycles. The zero-order chi connectivity index (χ0) is 15.7. The van der Waals surface area contributed by atoms with Crippen LogP contribution in [0.15, 0.2) is 48.0 Å². The number of fused-ring (bicyclic) bond motifs is 1. The van der Waals surface area contributed by atoms with Gasteiger partial charge in [-0.15, -0.1) is 24.8 Å². The first kappa shape index (κ1) is 20.0. The van der Waals surface area contributed by atoms with Gasteiger partial charge in [0.15, 0.2) is 5.17 Å². The summed E-state index contributed by atoms with van der Waals surface area (Å²) in [5.41, 5.74) is 9.44. The van der Waals surface area contributed by atoms with Crippen LogP contribution in [-0.4, -0.2) is 20.9 Å². The number of halogens is 2. The maximum absolute atomic E-state index is 6.11. The highest BCUT2D eigenvalue weighted by Crippen LogP contribution is 2.49. The molecular formula is C18H22Cl2N4S. The van der Waals surface area contributed by atoms with Crippen molar-refractivity contribution in [3.05, 3.63) is 48.5 Å². The molecule has 4 rings (SSSR count). The molecule has 7 heteroatoms. The maximum Gasteiger partial charge on any atom is 0.154 e. The van der Waals surface area contributed by atoms with Gasteiger partial charge >= 0.3 is 0 Å². The minimum absolute atomic E-state index is 0. The molecule has 25 heavy (non-hydrogen) atoms. The van der Waals surface area contributed by atoms with Gasteiger partial charge < -0.3 is 5.73 Å². The molecule has 2 atom stereocenters. The van der Waals surface area contributed by atoms with Gasteiger partial charge in [0.2, 0.25) is 0 Å². The highest BCUT2D eigenvalue weighted by atomic mass is 35.5. The number of nitrogens with zero attached hydrogens (tertiary/aromatic N) is 3. The van der Waals surface area contributed by atoms with Gasteiger partial charge in [-0.3, -0.25) is 4.99 Å². The predicted octanol–water partition coefficient (Wildman–Crippen LogP) is 4.43. The van der Waals surface area contributed by atoms with Crippen molar-refractivity contribution in [2.45, 2.75) is 31.2 Å². The minimum Gasteiger partial charge on any atom is -0.379 e. The number of benzene rings is 1. The molecular weight excluding hydrogens is 375 g/mol. The monoisotopic (exact) mass is 396 g/mol. The Morgan fingerprint density at radius 2 is 1.88 bits per heavy atom. The van der Waals surface area contributed by atoms with Gasteiger partial charge in [-0.25, -0.2) is 9.97 Å². The quantitative estimate of drug-likeness (QED) is 0.814. The van der Waals surface area contributed by atoms with Gasteiger partial charge in [0.1, 0.15) is 6.33 Å². The number of amidine groups is 1. The summed E-state index contributed by atoms with van der Waals surface area (Å²) < 4.78 is 0. The van der Waals surface area contributed by atoms with E-state index in [0.29, 0.717) is 5.92 Å². The Morgan fingerprint density at radius 1 is 1.08 bits per heavy atom. The van der Waals surface area contributed by atoms with Crippen LogP contribution in [0.5, 0.6) is 0 Å². The molecule has 0 saturated heterocycles. The van der Waals surface area contributed by atoms with Crippen molar-refractivity contribution in [3.63, 3.8) is 0 Å². The van der Waals surface area contributed by atoms with Crippen molar-refractivity contribution < 1.29 is 0 Å². The Kier molecular flexibility index (Phi) is 6.72. The Morgan fingerprint density at radius 3 is 2.68 bits per heavy atom. The normalized spacial score (nSPS) is 25.0. The lowest BCUT2D eigenvalue weighted by atomic mass is 9.69. The number of nitrogens with two attached hydrogens (primary N) is 1. The van der Waals surface area contributed by atoms with Crippen molar-refractivity contribution >= 4 is 41.7 Å². The van der Waals surface area contributed by atoms with E-state index < -0.39 is 0 Å². The minimum atomic E-state index is -0.140. The fourth-order valence-electron chi connectivity index (χ4n) is 3.87. The average molecular weight is 397 g/mol. The van der Waals surface area contributed by atoms with E-state index in [-0.39, 0.29) is 30.4 Å².